The summed E-state index contributed by atoms with van der Waals surface area (Å²) in [6.07, 6.45) is 0. The third kappa shape index (κ3) is 4.14. The number of ether oxygens (including phenoxy) is 2. The molecule has 0 aliphatic carbocycles. The highest BCUT2D eigenvalue weighted by molar-refractivity contribution is 14.1. The van der Waals surface area contributed by atoms with Crippen LogP contribution in [0.4, 0.5) is 0 Å². The number of aryl methyl sites for hydroxylation is 1. The molecule has 2 aromatic carbocycles. The monoisotopic (exact) mass is 430 g/mol. The molecule has 0 aliphatic heterocycles. The molecule has 0 radical (unpaired) electrons. The molecule has 116 valence electrons. The van der Waals surface area contributed by atoms with Crippen LogP contribution in [-0.2, 0) is 6.61 Å². The summed E-state index contributed by atoms with van der Waals surface area (Å²) < 4.78 is 12.3. The van der Waals surface area contributed by atoms with Gasteiger partial charge in [0, 0.05) is 5.56 Å². The topological polar surface area (TPSA) is 35.5 Å². The Morgan fingerprint density at radius 1 is 1.23 bits per heavy atom. The molecule has 2 aromatic rings. The van der Waals surface area contributed by atoms with E-state index in [9.17, 15) is 4.79 Å². The van der Waals surface area contributed by atoms with Gasteiger partial charge in [-0.1, -0.05) is 24.3 Å². The number of rotatable bonds is 6. The number of benzene rings is 2. The molecule has 0 spiro atoms. The molecule has 0 fully saturated rings. The molecule has 0 atom stereocenters. The van der Waals surface area contributed by atoms with Crippen LogP contribution in [0.25, 0.3) is 0 Å². The van der Waals surface area contributed by atoms with Gasteiger partial charge in [-0.25, -0.2) is 0 Å². The lowest BCUT2D eigenvalue weighted by molar-refractivity contribution is 0.108. The molecule has 0 aromatic heterocycles. The Labute approximate surface area is 148 Å². The van der Waals surface area contributed by atoms with E-state index < -0.39 is 5.24 Å². The first kappa shape index (κ1) is 17.1. The average molecular weight is 431 g/mol. The molecule has 0 N–H and O–H groups in total. The van der Waals surface area contributed by atoms with Crippen LogP contribution < -0.4 is 9.47 Å². The summed E-state index contributed by atoms with van der Waals surface area (Å²) in [5.41, 5.74) is 2.68. The first-order valence-corrected chi connectivity index (χ1v) is 8.32. The number of carbonyl (C=O) groups is 1. The summed E-state index contributed by atoms with van der Waals surface area (Å²) in [4.78, 5) is 11.4. The first-order chi connectivity index (χ1) is 10.5. The third-order valence-corrected chi connectivity index (χ3v) is 4.19. The highest BCUT2D eigenvalue weighted by Crippen LogP contribution is 2.35. The van der Waals surface area contributed by atoms with Gasteiger partial charge in [-0.2, -0.15) is 0 Å². The second-order valence-electron chi connectivity index (χ2n) is 4.71. The van der Waals surface area contributed by atoms with Crippen LogP contribution in [0.2, 0.25) is 0 Å². The van der Waals surface area contributed by atoms with E-state index in [-0.39, 0.29) is 0 Å². The second-order valence-corrected chi connectivity index (χ2v) is 6.21. The molecular weight excluding hydrogens is 415 g/mol. The average Bonchev–Trinajstić information content (AvgIpc) is 2.48. The van der Waals surface area contributed by atoms with Crippen LogP contribution >= 0.6 is 34.2 Å². The van der Waals surface area contributed by atoms with Gasteiger partial charge in [0.25, 0.3) is 5.24 Å². The summed E-state index contributed by atoms with van der Waals surface area (Å²) >= 11 is 7.67. The van der Waals surface area contributed by atoms with E-state index in [1.807, 2.05) is 38.1 Å². The van der Waals surface area contributed by atoms with Gasteiger partial charge in [0.2, 0.25) is 0 Å². The van der Waals surface area contributed by atoms with Gasteiger partial charge in [-0.3, -0.25) is 4.79 Å². The summed E-state index contributed by atoms with van der Waals surface area (Å²) in [5, 5.41) is -0.510. The van der Waals surface area contributed by atoms with E-state index in [2.05, 4.69) is 22.6 Å². The largest absolute Gasteiger partial charge is 0.490 e. The van der Waals surface area contributed by atoms with Gasteiger partial charge in [0.15, 0.2) is 11.5 Å². The van der Waals surface area contributed by atoms with E-state index >= 15 is 0 Å². The van der Waals surface area contributed by atoms with E-state index in [4.69, 9.17) is 21.1 Å². The third-order valence-electron chi connectivity index (χ3n) is 3.17. The molecular formula is C17H16ClIO3. The van der Waals surface area contributed by atoms with Crippen molar-refractivity contribution in [3.05, 3.63) is 56.7 Å². The molecule has 5 heteroatoms. The Bertz CT molecular complexity index is 686. The highest BCUT2D eigenvalue weighted by Gasteiger charge is 2.15. The van der Waals surface area contributed by atoms with Gasteiger partial charge >= 0.3 is 0 Å². The van der Waals surface area contributed by atoms with Gasteiger partial charge in [-0.05, 0) is 71.3 Å². The summed E-state index contributed by atoms with van der Waals surface area (Å²) in [6.45, 7) is 4.85. The Hall–Kier alpha value is -1.27. The number of halogens is 2. The van der Waals surface area contributed by atoms with Crippen molar-refractivity contribution in [2.24, 2.45) is 0 Å². The lowest BCUT2D eigenvalue weighted by atomic mass is 10.1. The maximum Gasteiger partial charge on any atom is 0.252 e. The molecule has 0 amide bonds. The van der Waals surface area contributed by atoms with Crippen molar-refractivity contribution in [3.8, 4) is 11.5 Å². The number of hydrogen-bond acceptors (Lipinski definition) is 3. The van der Waals surface area contributed by atoms with Gasteiger partial charge in [0.1, 0.15) is 6.61 Å². The summed E-state index contributed by atoms with van der Waals surface area (Å²) in [5.74, 6) is 1.17. The maximum atomic E-state index is 11.4. The van der Waals surface area contributed by atoms with Crippen molar-refractivity contribution in [1.82, 2.24) is 0 Å². The van der Waals surface area contributed by atoms with Gasteiger partial charge in [0.05, 0.1) is 10.2 Å². The zero-order valence-corrected chi connectivity index (χ0v) is 15.3. The van der Waals surface area contributed by atoms with Crippen LogP contribution in [0.1, 0.15) is 28.4 Å². The predicted molar refractivity (Wildman–Crippen MR) is 96.0 cm³/mol. The molecule has 0 saturated carbocycles. The Morgan fingerprint density at radius 3 is 2.59 bits per heavy atom. The quantitative estimate of drug-likeness (QED) is 0.480. The van der Waals surface area contributed by atoms with Crippen molar-refractivity contribution >= 4 is 39.4 Å². The lowest BCUT2D eigenvalue weighted by Gasteiger charge is -2.15. The van der Waals surface area contributed by atoms with Crippen LogP contribution in [0.15, 0.2) is 36.4 Å². The fourth-order valence-electron chi connectivity index (χ4n) is 2.01. The number of hydrogen-bond donors (Lipinski definition) is 0. The highest BCUT2D eigenvalue weighted by atomic mass is 127. The molecule has 2 rings (SSSR count). The minimum absolute atomic E-state index is 0.401. The Kier molecular flexibility index (Phi) is 6.08. The van der Waals surface area contributed by atoms with Crippen molar-refractivity contribution in [2.75, 3.05) is 6.61 Å². The number of carbonyl (C=O) groups excluding carboxylic acids is 1. The van der Waals surface area contributed by atoms with E-state index in [1.165, 1.54) is 5.56 Å². The standard InChI is InChI=1S/C17H16ClIO3/c1-3-21-15-9-13(17(18)20)8-14(19)16(15)22-10-12-7-5-4-6-11(12)2/h4-9H,3,10H2,1-2H3. The molecule has 3 nitrogen and oxygen atoms in total. The van der Waals surface area contributed by atoms with Gasteiger partial charge < -0.3 is 9.47 Å². The second kappa shape index (κ2) is 7.83. The molecule has 0 saturated heterocycles. The normalized spacial score (nSPS) is 10.4. The van der Waals surface area contributed by atoms with Crippen LogP contribution in [-0.4, -0.2) is 11.8 Å². The molecule has 0 unspecified atom stereocenters. The van der Waals surface area contributed by atoms with E-state index in [0.717, 1.165) is 9.13 Å². The van der Waals surface area contributed by atoms with Gasteiger partial charge in [-0.15, -0.1) is 0 Å². The van der Waals surface area contributed by atoms with E-state index in [0.29, 0.717) is 30.3 Å². The van der Waals surface area contributed by atoms with Crippen molar-refractivity contribution in [1.29, 1.82) is 0 Å². The smallest absolute Gasteiger partial charge is 0.252 e. The minimum atomic E-state index is -0.510. The fourth-order valence-corrected chi connectivity index (χ4v) is 2.87. The lowest BCUT2D eigenvalue weighted by Crippen LogP contribution is -2.04. The first-order valence-electron chi connectivity index (χ1n) is 6.86. The van der Waals surface area contributed by atoms with Crippen molar-refractivity contribution in [3.63, 3.8) is 0 Å². The van der Waals surface area contributed by atoms with Crippen LogP contribution in [0.5, 0.6) is 11.5 Å². The SMILES string of the molecule is CCOc1cc(C(=O)Cl)cc(I)c1OCc1ccccc1C. The maximum absolute atomic E-state index is 11.4. The zero-order valence-electron chi connectivity index (χ0n) is 12.4. The molecule has 0 heterocycles. The molecule has 22 heavy (non-hydrogen) atoms. The Balaban J connectivity index is 2.29. The van der Waals surface area contributed by atoms with Crippen LogP contribution in [0, 0.1) is 10.5 Å². The summed E-state index contributed by atoms with van der Waals surface area (Å²) in [7, 11) is 0. The summed E-state index contributed by atoms with van der Waals surface area (Å²) in [6, 6.07) is 11.4. The predicted octanol–water partition coefficient (Wildman–Crippen LogP) is 4.96. The van der Waals surface area contributed by atoms with E-state index in [1.54, 1.807) is 12.1 Å². The molecule has 0 aliphatic rings. The minimum Gasteiger partial charge on any atom is -0.490 e. The zero-order chi connectivity index (χ0) is 16.1. The van der Waals surface area contributed by atoms with Crippen LogP contribution in [0.3, 0.4) is 0 Å². The van der Waals surface area contributed by atoms with Crippen molar-refractivity contribution < 1.29 is 14.3 Å². The molecule has 0 bridgehead atoms. The van der Waals surface area contributed by atoms with Crippen molar-refractivity contribution in [2.45, 2.75) is 20.5 Å². The Morgan fingerprint density at radius 2 is 1.95 bits per heavy atom. The fraction of sp³-hybridized carbons (Fsp3) is 0.235.